The van der Waals surface area contributed by atoms with Crippen molar-refractivity contribution in [3.63, 3.8) is 0 Å². The predicted octanol–water partition coefficient (Wildman–Crippen LogP) is 4.09. The lowest BCUT2D eigenvalue weighted by atomic mass is 10.1. The van der Waals surface area contributed by atoms with Crippen molar-refractivity contribution in [2.24, 2.45) is 0 Å². The van der Waals surface area contributed by atoms with Gasteiger partial charge in [-0.25, -0.2) is 0 Å². The molecule has 2 heteroatoms. The van der Waals surface area contributed by atoms with Crippen LogP contribution in [0.4, 0.5) is 0 Å². The van der Waals surface area contributed by atoms with Crippen molar-refractivity contribution in [2.45, 2.75) is 19.5 Å². The Balaban J connectivity index is 1.70. The molecular weight excluding hydrogens is 244 g/mol. The van der Waals surface area contributed by atoms with Crippen molar-refractivity contribution < 1.29 is 0 Å². The van der Waals surface area contributed by atoms with Crippen LogP contribution in [0.2, 0.25) is 0 Å². The molecule has 0 saturated heterocycles. The summed E-state index contributed by atoms with van der Waals surface area (Å²) in [6.07, 6.45) is 3.72. The fraction of sp³-hybridized carbons (Fsp3) is 0.167. The van der Waals surface area contributed by atoms with E-state index >= 15 is 0 Å². The molecule has 20 heavy (non-hydrogen) atoms. The minimum atomic E-state index is 0.301. The minimum Gasteiger partial charge on any atom is -0.306 e. The number of rotatable bonds is 4. The molecule has 1 heterocycles. The third kappa shape index (κ3) is 2.86. The van der Waals surface area contributed by atoms with Crippen LogP contribution in [0.25, 0.3) is 10.8 Å². The average molecular weight is 262 g/mol. The number of nitrogens with one attached hydrogen (secondary N) is 1. The van der Waals surface area contributed by atoms with Crippen LogP contribution in [-0.4, -0.2) is 4.98 Å². The van der Waals surface area contributed by atoms with Crippen LogP contribution in [0.1, 0.15) is 24.1 Å². The maximum absolute atomic E-state index is 4.16. The number of nitrogens with zero attached hydrogens (tertiary/aromatic N) is 1. The Morgan fingerprint density at radius 1 is 1.00 bits per heavy atom. The van der Waals surface area contributed by atoms with E-state index in [1.54, 1.807) is 6.20 Å². The largest absolute Gasteiger partial charge is 0.306 e. The van der Waals surface area contributed by atoms with Crippen molar-refractivity contribution in [1.82, 2.24) is 10.3 Å². The monoisotopic (exact) mass is 262 g/mol. The first kappa shape index (κ1) is 12.8. The van der Waals surface area contributed by atoms with Gasteiger partial charge in [0.15, 0.2) is 0 Å². The summed E-state index contributed by atoms with van der Waals surface area (Å²) in [5.74, 6) is 0. The Bertz CT molecular complexity index is 692. The van der Waals surface area contributed by atoms with E-state index in [2.05, 4.69) is 65.8 Å². The number of pyridine rings is 1. The van der Waals surface area contributed by atoms with Crippen LogP contribution in [0, 0.1) is 0 Å². The van der Waals surface area contributed by atoms with Crippen molar-refractivity contribution in [3.05, 3.63) is 78.1 Å². The molecule has 3 aromatic rings. The highest BCUT2D eigenvalue weighted by Gasteiger charge is 2.04. The van der Waals surface area contributed by atoms with Gasteiger partial charge in [-0.15, -0.1) is 0 Å². The first-order valence-electron chi connectivity index (χ1n) is 6.94. The molecule has 2 nitrogen and oxygen atoms in total. The molecule has 1 aromatic heterocycles. The molecule has 0 spiro atoms. The van der Waals surface area contributed by atoms with Crippen LogP contribution in [0.3, 0.4) is 0 Å². The zero-order valence-corrected chi connectivity index (χ0v) is 11.6. The highest BCUT2D eigenvalue weighted by molar-refractivity contribution is 5.82. The van der Waals surface area contributed by atoms with Gasteiger partial charge < -0.3 is 5.32 Å². The third-order valence-electron chi connectivity index (χ3n) is 3.61. The Morgan fingerprint density at radius 3 is 2.65 bits per heavy atom. The second kappa shape index (κ2) is 5.85. The van der Waals surface area contributed by atoms with Gasteiger partial charge in [-0.3, -0.25) is 4.98 Å². The molecule has 1 N–H and O–H groups in total. The van der Waals surface area contributed by atoms with Gasteiger partial charge in [-0.2, -0.15) is 0 Å². The number of hydrogen-bond acceptors (Lipinski definition) is 2. The molecule has 0 radical (unpaired) electrons. The van der Waals surface area contributed by atoms with Crippen molar-refractivity contribution >= 4 is 10.8 Å². The van der Waals surface area contributed by atoms with Crippen molar-refractivity contribution in [1.29, 1.82) is 0 Å². The smallest absolute Gasteiger partial charge is 0.0315 e. The van der Waals surface area contributed by atoms with Gasteiger partial charge in [0.05, 0.1) is 0 Å². The lowest BCUT2D eigenvalue weighted by Crippen LogP contribution is -2.18. The lowest BCUT2D eigenvalue weighted by Gasteiger charge is -2.14. The Kier molecular flexibility index (Phi) is 3.75. The standard InChI is InChI=1S/C18H18N2/c1-14(18-7-4-10-19-13-18)20-12-15-8-9-16-5-2-3-6-17(16)11-15/h2-11,13-14,20H,12H2,1H3. The molecule has 0 aliphatic carbocycles. The first-order chi connectivity index (χ1) is 9.83. The molecular formula is C18H18N2. The topological polar surface area (TPSA) is 24.9 Å². The maximum atomic E-state index is 4.16. The SMILES string of the molecule is CC(NCc1ccc2ccccc2c1)c1cccnc1. The number of benzene rings is 2. The molecule has 100 valence electrons. The van der Waals surface area contributed by atoms with Crippen LogP contribution in [0.5, 0.6) is 0 Å². The quantitative estimate of drug-likeness (QED) is 0.766. The zero-order valence-electron chi connectivity index (χ0n) is 11.6. The third-order valence-corrected chi connectivity index (χ3v) is 3.61. The minimum absolute atomic E-state index is 0.301. The number of aromatic nitrogens is 1. The van der Waals surface area contributed by atoms with E-state index in [-0.39, 0.29) is 0 Å². The predicted molar refractivity (Wildman–Crippen MR) is 83.4 cm³/mol. The molecule has 0 bridgehead atoms. The van der Waals surface area contributed by atoms with Crippen LogP contribution < -0.4 is 5.32 Å². The van der Waals surface area contributed by atoms with E-state index in [1.165, 1.54) is 21.9 Å². The number of hydrogen-bond donors (Lipinski definition) is 1. The van der Waals surface area contributed by atoms with Crippen LogP contribution in [-0.2, 0) is 6.54 Å². The normalized spacial score (nSPS) is 12.4. The second-order valence-corrected chi connectivity index (χ2v) is 5.07. The molecule has 0 aliphatic heterocycles. The van der Waals surface area contributed by atoms with Gasteiger partial charge >= 0.3 is 0 Å². The molecule has 0 aliphatic rings. The summed E-state index contributed by atoms with van der Waals surface area (Å²) in [5.41, 5.74) is 2.52. The first-order valence-corrected chi connectivity index (χ1v) is 6.94. The van der Waals surface area contributed by atoms with Crippen LogP contribution in [0.15, 0.2) is 67.0 Å². The summed E-state index contributed by atoms with van der Waals surface area (Å²) < 4.78 is 0. The highest BCUT2D eigenvalue weighted by Crippen LogP contribution is 2.17. The van der Waals surface area contributed by atoms with Gasteiger partial charge in [0, 0.05) is 25.0 Å². The molecule has 1 unspecified atom stereocenters. The fourth-order valence-corrected chi connectivity index (χ4v) is 2.37. The molecule has 0 amide bonds. The average Bonchev–Trinajstić information content (AvgIpc) is 2.53. The van der Waals surface area contributed by atoms with E-state index in [0.717, 1.165) is 6.54 Å². The fourth-order valence-electron chi connectivity index (χ4n) is 2.37. The Morgan fingerprint density at radius 2 is 1.85 bits per heavy atom. The molecule has 2 aromatic carbocycles. The summed E-state index contributed by atoms with van der Waals surface area (Å²) in [5, 5.41) is 6.12. The summed E-state index contributed by atoms with van der Waals surface area (Å²) in [4.78, 5) is 4.16. The summed E-state index contributed by atoms with van der Waals surface area (Å²) in [6, 6.07) is 19.4. The molecule has 1 atom stereocenters. The van der Waals surface area contributed by atoms with Gasteiger partial charge in [0.2, 0.25) is 0 Å². The van der Waals surface area contributed by atoms with E-state index in [1.807, 2.05) is 12.3 Å². The van der Waals surface area contributed by atoms with E-state index < -0.39 is 0 Å². The molecule has 0 saturated carbocycles. The summed E-state index contributed by atoms with van der Waals surface area (Å²) in [7, 11) is 0. The second-order valence-electron chi connectivity index (χ2n) is 5.07. The van der Waals surface area contributed by atoms with E-state index in [0.29, 0.717) is 6.04 Å². The maximum Gasteiger partial charge on any atom is 0.0315 e. The summed E-state index contributed by atoms with van der Waals surface area (Å²) >= 11 is 0. The molecule has 3 rings (SSSR count). The van der Waals surface area contributed by atoms with Crippen LogP contribution >= 0.6 is 0 Å². The Hall–Kier alpha value is -2.19. The zero-order chi connectivity index (χ0) is 13.8. The summed E-state index contributed by atoms with van der Waals surface area (Å²) in [6.45, 7) is 3.03. The Labute approximate surface area is 119 Å². The van der Waals surface area contributed by atoms with Gasteiger partial charge in [-0.1, -0.05) is 42.5 Å². The van der Waals surface area contributed by atoms with E-state index in [9.17, 15) is 0 Å². The van der Waals surface area contributed by atoms with Crippen molar-refractivity contribution in [2.75, 3.05) is 0 Å². The van der Waals surface area contributed by atoms with E-state index in [4.69, 9.17) is 0 Å². The molecule has 0 fully saturated rings. The van der Waals surface area contributed by atoms with Gasteiger partial charge in [0.25, 0.3) is 0 Å². The van der Waals surface area contributed by atoms with Gasteiger partial charge in [0.1, 0.15) is 0 Å². The highest BCUT2D eigenvalue weighted by atomic mass is 14.9. The lowest BCUT2D eigenvalue weighted by molar-refractivity contribution is 0.573. The number of fused-ring (bicyclic) bond motifs is 1. The van der Waals surface area contributed by atoms with Crippen molar-refractivity contribution in [3.8, 4) is 0 Å². The van der Waals surface area contributed by atoms with Gasteiger partial charge in [-0.05, 0) is 41.0 Å².